The number of carbonyl (C=O) groups is 4. The van der Waals surface area contributed by atoms with Gasteiger partial charge < -0.3 is 49.7 Å². The largest absolute Gasteiger partial charge is 0.488 e. The molecule has 0 bridgehead atoms. The van der Waals surface area contributed by atoms with Gasteiger partial charge in [-0.3, -0.25) is 9.59 Å². The summed E-state index contributed by atoms with van der Waals surface area (Å²) in [6, 6.07) is 20.8. The van der Waals surface area contributed by atoms with Crippen molar-refractivity contribution >= 4 is 45.8 Å². The van der Waals surface area contributed by atoms with E-state index in [0.717, 1.165) is 68.3 Å². The van der Waals surface area contributed by atoms with Crippen LogP contribution in [0.4, 0.5) is 9.59 Å². The molecule has 5 atom stereocenters. The van der Waals surface area contributed by atoms with Crippen LogP contribution >= 0.6 is 0 Å². The Kier molecular flexibility index (Phi) is 11.2. The molecule has 6 aromatic rings. The highest BCUT2D eigenvalue weighted by atomic mass is 16.5. The van der Waals surface area contributed by atoms with E-state index in [0.29, 0.717) is 49.9 Å². The van der Waals surface area contributed by atoms with Crippen molar-refractivity contribution in [2.24, 2.45) is 11.8 Å². The topological polar surface area (TPSA) is 204 Å². The van der Waals surface area contributed by atoms with Crippen molar-refractivity contribution in [1.82, 2.24) is 40.4 Å². The predicted molar refractivity (Wildman–Crippen MR) is 234 cm³/mol. The van der Waals surface area contributed by atoms with E-state index < -0.39 is 30.3 Å². The smallest absolute Gasteiger partial charge is 0.407 e. The van der Waals surface area contributed by atoms with Gasteiger partial charge >= 0.3 is 12.2 Å². The number of carboxylic acid groups (broad SMARTS) is 1. The van der Waals surface area contributed by atoms with Crippen LogP contribution in [0.1, 0.15) is 74.0 Å². The SMILES string of the molecule is COCC1CC(c2nc3ccc4cc5c(cc4c3[nH]2)OCc2cc(-c3cnc(C4CCCN4C(=O)C(NC(=O)OC)C(C)C)[nH]3)ccc2-5)N(C(=O)C(NC(=O)O)c2ccccc2)C1. The summed E-state index contributed by atoms with van der Waals surface area (Å²) in [6.07, 6.45) is 2.05. The number of fused-ring (bicyclic) bond motifs is 6. The summed E-state index contributed by atoms with van der Waals surface area (Å²) in [5.41, 5.74) is 6.93. The first-order valence-electron chi connectivity index (χ1n) is 21.3. The number of hydrogen-bond donors (Lipinski definition) is 5. The number of likely N-dealkylation sites (tertiary alicyclic amines) is 2. The standard InChI is InChI=1S/C47H50N8O8/c1-25(2)39(53-47(60)62-4)44(56)54-16-8-11-36(54)42-48-21-35(50-42)29-12-14-31-30(18-29)24-63-38-20-32-28(19-33(31)38)13-15-34-41(32)51-43(49-34)37-17-26(23-61-3)22-55(37)45(57)40(52-46(58)59)27-9-6-5-7-10-27/h5-7,9-10,12-15,18-21,25-26,36-37,39-40,52H,8,11,16-17,22-24H2,1-4H3,(H,48,50)(H,49,51)(H,53,60)(H,58,59). The number of alkyl carbamates (subject to hydrolysis) is 1. The first-order valence-corrected chi connectivity index (χ1v) is 21.3. The number of amides is 4. The quantitative estimate of drug-likeness (QED) is 0.0883. The maximum absolute atomic E-state index is 14.2. The van der Waals surface area contributed by atoms with Gasteiger partial charge in [0.2, 0.25) is 5.91 Å². The molecule has 5 heterocycles. The van der Waals surface area contributed by atoms with Gasteiger partial charge in [-0.25, -0.2) is 19.6 Å². The number of rotatable bonds is 11. The second-order valence-electron chi connectivity index (χ2n) is 16.9. The number of benzene rings is 4. The Balaban J connectivity index is 0.977. The number of imidazole rings is 2. The van der Waals surface area contributed by atoms with Gasteiger partial charge in [-0.15, -0.1) is 0 Å². The zero-order valence-corrected chi connectivity index (χ0v) is 35.5. The van der Waals surface area contributed by atoms with Gasteiger partial charge in [0.25, 0.3) is 5.91 Å². The fraction of sp³-hybridized carbons (Fsp3) is 0.362. The van der Waals surface area contributed by atoms with Crippen LogP contribution in [0.15, 0.2) is 79.0 Å². The molecule has 5 unspecified atom stereocenters. The molecular formula is C47H50N8O8. The summed E-state index contributed by atoms with van der Waals surface area (Å²) in [7, 11) is 2.92. The molecule has 2 saturated heterocycles. The molecule has 3 aliphatic heterocycles. The van der Waals surface area contributed by atoms with Crippen LogP contribution in [0, 0.1) is 11.8 Å². The third-order valence-electron chi connectivity index (χ3n) is 12.6. The van der Waals surface area contributed by atoms with E-state index in [1.54, 1.807) is 47.4 Å². The van der Waals surface area contributed by atoms with Crippen molar-refractivity contribution in [3.8, 4) is 28.1 Å². The molecule has 3 aliphatic rings. The summed E-state index contributed by atoms with van der Waals surface area (Å²) in [5, 5.41) is 16.7. The number of ether oxygens (including phenoxy) is 3. The van der Waals surface area contributed by atoms with Gasteiger partial charge in [-0.1, -0.05) is 62.4 Å². The summed E-state index contributed by atoms with van der Waals surface area (Å²) in [4.78, 5) is 72.1. The number of H-pyrrole nitrogens is 2. The lowest BCUT2D eigenvalue weighted by atomic mass is 9.92. The molecule has 2 fully saturated rings. The molecule has 4 aromatic carbocycles. The number of methoxy groups -OCH3 is 2. The molecule has 63 heavy (non-hydrogen) atoms. The first-order chi connectivity index (χ1) is 30.5. The fourth-order valence-corrected chi connectivity index (χ4v) is 9.49. The Labute approximate surface area is 363 Å². The van der Waals surface area contributed by atoms with Crippen molar-refractivity contribution in [2.75, 3.05) is 33.9 Å². The van der Waals surface area contributed by atoms with E-state index in [-0.39, 0.29) is 29.7 Å². The van der Waals surface area contributed by atoms with Crippen molar-refractivity contribution in [2.45, 2.75) is 63.9 Å². The molecule has 0 spiro atoms. The summed E-state index contributed by atoms with van der Waals surface area (Å²) < 4.78 is 16.7. The number of aromatic amines is 2. The Bertz CT molecular complexity index is 2710. The van der Waals surface area contributed by atoms with Crippen LogP contribution in [0.5, 0.6) is 5.75 Å². The van der Waals surface area contributed by atoms with E-state index in [4.69, 9.17) is 24.2 Å². The van der Waals surface area contributed by atoms with Gasteiger partial charge in [0.05, 0.1) is 48.7 Å². The Morgan fingerprint density at radius 2 is 1.75 bits per heavy atom. The fourth-order valence-electron chi connectivity index (χ4n) is 9.49. The summed E-state index contributed by atoms with van der Waals surface area (Å²) in [6.45, 7) is 5.55. The van der Waals surface area contributed by atoms with Crippen molar-refractivity contribution < 1.29 is 38.5 Å². The molecular weight excluding hydrogens is 805 g/mol. The highest BCUT2D eigenvalue weighted by molar-refractivity contribution is 6.07. The second kappa shape index (κ2) is 17.1. The average Bonchev–Trinajstić information content (AvgIpc) is 4.13. The van der Waals surface area contributed by atoms with Gasteiger partial charge in [0, 0.05) is 37.1 Å². The van der Waals surface area contributed by atoms with E-state index in [2.05, 4.69) is 44.9 Å². The maximum Gasteiger partial charge on any atom is 0.407 e. The minimum atomic E-state index is -1.28. The number of aromatic nitrogens is 4. The number of hydrogen-bond acceptors (Lipinski definition) is 9. The molecule has 9 rings (SSSR count). The third kappa shape index (κ3) is 7.90. The van der Waals surface area contributed by atoms with Crippen LogP contribution in [0.2, 0.25) is 0 Å². The van der Waals surface area contributed by atoms with Crippen LogP contribution in [-0.2, 0) is 25.7 Å². The Hall–Kier alpha value is -6.94. The molecule has 0 aliphatic carbocycles. The zero-order valence-electron chi connectivity index (χ0n) is 35.5. The minimum Gasteiger partial charge on any atom is -0.488 e. The second-order valence-corrected chi connectivity index (χ2v) is 16.9. The van der Waals surface area contributed by atoms with Gasteiger partial charge in [0.1, 0.15) is 36.1 Å². The maximum atomic E-state index is 14.2. The van der Waals surface area contributed by atoms with Crippen LogP contribution < -0.4 is 15.4 Å². The number of carbonyl (C=O) groups excluding carboxylic acids is 3. The van der Waals surface area contributed by atoms with E-state index in [1.807, 2.05) is 38.1 Å². The predicted octanol–water partition coefficient (Wildman–Crippen LogP) is 7.25. The molecule has 0 radical (unpaired) electrons. The molecule has 5 N–H and O–H groups in total. The van der Waals surface area contributed by atoms with Crippen LogP contribution in [0.3, 0.4) is 0 Å². The molecule has 16 nitrogen and oxygen atoms in total. The molecule has 2 aromatic heterocycles. The van der Waals surface area contributed by atoms with Gasteiger partial charge in [-0.05, 0) is 77.1 Å². The van der Waals surface area contributed by atoms with Crippen molar-refractivity contribution in [3.05, 3.63) is 102 Å². The van der Waals surface area contributed by atoms with Gasteiger partial charge in [-0.2, -0.15) is 0 Å². The van der Waals surface area contributed by atoms with E-state index in [1.165, 1.54) is 7.11 Å². The molecule has 0 saturated carbocycles. The summed E-state index contributed by atoms with van der Waals surface area (Å²) in [5.74, 6) is 1.45. The zero-order chi connectivity index (χ0) is 43.9. The van der Waals surface area contributed by atoms with Crippen molar-refractivity contribution in [1.29, 1.82) is 0 Å². The lowest BCUT2D eigenvalue weighted by Gasteiger charge is -2.30. The first kappa shape index (κ1) is 41.4. The molecule has 326 valence electrons. The normalized spacial score (nSPS) is 19.1. The van der Waals surface area contributed by atoms with Crippen molar-refractivity contribution in [3.63, 3.8) is 0 Å². The molecule has 16 heteroatoms. The Morgan fingerprint density at radius 3 is 2.51 bits per heavy atom. The number of nitrogens with one attached hydrogen (secondary N) is 4. The van der Waals surface area contributed by atoms with Crippen LogP contribution in [-0.4, -0.2) is 98.8 Å². The number of nitrogens with zero attached hydrogens (tertiary/aromatic N) is 4. The highest BCUT2D eigenvalue weighted by Crippen LogP contribution is 2.44. The Morgan fingerprint density at radius 1 is 0.921 bits per heavy atom. The van der Waals surface area contributed by atoms with Crippen LogP contribution in [0.25, 0.3) is 44.2 Å². The monoisotopic (exact) mass is 854 g/mol. The third-order valence-corrected chi connectivity index (χ3v) is 12.6. The average molecular weight is 855 g/mol. The molecule has 4 amide bonds. The lowest BCUT2D eigenvalue weighted by molar-refractivity contribution is -0.136. The van der Waals surface area contributed by atoms with Gasteiger partial charge in [0.15, 0.2) is 0 Å². The highest BCUT2D eigenvalue weighted by Gasteiger charge is 2.42. The van der Waals surface area contributed by atoms with E-state index >= 15 is 0 Å². The summed E-state index contributed by atoms with van der Waals surface area (Å²) >= 11 is 0. The minimum absolute atomic E-state index is 0.0284. The van der Waals surface area contributed by atoms with E-state index in [9.17, 15) is 24.3 Å². The lowest BCUT2D eigenvalue weighted by Crippen LogP contribution is -2.51.